The minimum atomic E-state index is -4.89. The second kappa shape index (κ2) is 4.40. The fourth-order valence-electron chi connectivity index (χ4n) is 1.96. The van der Waals surface area contributed by atoms with Crippen molar-refractivity contribution in [2.75, 3.05) is 0 Å². The van der Waals surface area contributed by atoms with Crippen LogP contribution in [0.3, 0.4) is 0 Å². The van der Waals surface area contributed by atoms with Crippen molar-refractivity contribution in [3.63, 3.8) is 0 Å². The summed E-state index contributed by atoms with van der Waals surface area (Å²) in [5, 5.41) is 0. The molecule has 0 spiro atoms. The van der Waals surface area contributed by atoms with Gasteiger partial charge in [-0.3, -0.25) is 0 Å². The molecular weight excluding hydrogens is 216 g/mol. The third-order valence-corrected chi connectivity index (χ3v) is 2.86. The van der Waals surface area contributed by atoms with Crippen LogP contribution in [0.2, 0.25) is 0 Å². The van der Waals surface area contributed by atoms with E-state index in [4.69, 9.17) is 4.74 Å². The Labute approximate surface area is 92.7 Å². The van der Waals surface area contributed by atoms with E-state index in [1.165, 1.54) is 12.1 Å². The first kappa shape index (κ1) is 11.4. The van der Waals surface area contributed by atoms with Gasteiger partial charge in [-0.25, -0.2) is 0 Å². The smallest absolute Gasteiger partial charge is 0.490 e. The molecule has 0 unspecified atom stereocenters. The van der Waals surface area contributed by atoms with Crippen LogP contribution >= 0.6 is 0 Å². The van der Waals surface area contributed by atoms with Gasteiger partial charge in [-0.15, -0.1) is 5.46 Å². The maximum atomic E-state index is 12.3. The number of rotatable bonds is 3. The molecule has 0 saturated heterocycles. The summed E-state index contributed by atoms with van der Waals surface area (Å²) in [4.78, 5) is 0. The molecule has 1 aromatic carbocycles. The van der Waals surface area contributed by atoms with Gasteiger partial charge in [-0.05, 0) is 37.8 Å². The molecule has 16 heavy (non-hydrogen) atoms. The van der Waals surface area contributed by atoms with Gasteiger partial charge in [0.1, 0.15) is 5.75 Å². The van der Waals surface area contributed by atoms with E-state index in [1.54, 1.807) is 0 Å². The lowest BCUT2D eigenvalue weighted by Crippen LogP contribution is -2.33. The lowest BCUT2D eigenvalue weighted by atomic mass is 9.80. The van der Waals surface area contributed by atoms with Crippen molar-refractivity contribution in [2.24, 2.45) is 0 Å². The van der Waals surface area contributed by atoms with Gasteiger partial charge in [-0.1, -0.05) is 12.1 Å². The summed E-state index contributed by atoms with van der Waals surface area (Å²) in [6.07, 6.45) is 4.49. The highest BCUT2D eigenvalue weighted by Gasteiger charge is 2.25. The van der Waals surface area contributed by atoms with Crippen molar-refractivity contribution < 1.29 is 17.7 Å². The maximum Gasteiger partial charge on any atom is 0.509 e. The Morgan fingerprint density at radius 2 is 1.56 bits per heavy atom. The average molecular weight is 229 g/mol. The lowest BCUT2D eigenvalue weighted by Gasteiger charge is -2.17. The van der Waals surface area contributed by atoms with Crippen molar-refractivity contribution in [3.8, 4) is 5.75 Å². The summed E-state index contributed by atoms with van der Waals surface area (Å²) in [6.45, 7) is -4.89. The standard InChI is InChI=1S/C11H13BF3O/c13-12(14,15)9-5-7-11(8-6-9)16-10-3-1-2-4-10/h5-8,10H,1-4H2/q-1. The van der Waals surface area contributed by atoms with E-state index in [0.29, 0.717) is 5.75 Å². The van der Waals surface area contributed by atoms with Gasteiger partial charge in [0.25, 0.3) is 0 Å². The number of halogens is 3. The molecular formula is C11H13BF3O-. The summed E-state index contributed by atoms with van der Waals surface area (Å²) in [7, 11) is 0. The Bertz CT molecular complexity index is 341. The van der Waals surface area contributed by atoms with Gasteiger partial charge in [0.2, 0.25) is 0 Å². The summed E-state index contributed by atoms with van der Waals surface area (Å²) < 4.78 is 42.6. The van der Waals surface area contributed by atoms with Gasteiger partial charge in [0.15, 0.2) is 0 Å². The van der Waals surface area contributed by atoms with Gasteiger partial charge in [0.05, 0.1) is 6.10 Å². The van der Waals surface area contributed by atoms with E-state index in [2.05, 4.69) is 0 Å². The molecule has 88 valence electrons. The first-order valence-corrected chi connectivity index (χ1v) is 5.52. The van der Waals surface area contributed by atoms with Crippen molar-refractivity contribution in [3.05, 3.63) is 24.3 Å². The molecule has 1 aliphatic rings. The zero-order chi connectivity index (χ0) is 11.6. The van der Waals surface area contributed by atoms with E-state index in [0.717, 1.165) is 37.8 Å². The van der Waals surface area contributed by atoms with Crippen molar-refractivity contribution in [1.29, 1.82) is 0 Å². The summed E-state index contributed by atoms with van der Waals surface area (Å²) in [5.41, 5.74) is -0.571. The molecule has 1 aromatic rings. The van der Waals surface area contributed by atoms with Crippen molar-refractivity contribution in [2.45, 2.75) is 31.8 Å². The molecule has 2 rings (SSSR count). The second-order valence-corrected chi connectivity index (χ2v) is 4.17. The molecule has 0 atom stereocenters. The van der Waals surface area contributed by atoms with E-state index in [9.17, 15) is 12.9 Å². The number of benzene rings is 1. The quantitative estimate of drug-likeness (QED) is 0.723. The van der Waals surface area contributed by atoms with Crippen LogP contribution in [-0.2, 0) is 0 Å². The first-order chi connectivity index (χ1) is 7.55. The molecule has 5 heteroatoms. The molecule has 1 nitrogen and oxygen atoms in total. The lowest BCUT2D eigenvalue weighted by molar-refractivity contribution is 0.210. The normalized spacial score (nSPS) is 17.7. The highest BCUT2D eigenvalue weighted by atomic mass is 19.4. The summed E-state index contributed by atoms with van der Waals surface area (Å²) >= 11 is 0. The number of hydrogen-bond acceptors (Lipinski definition) is 1. The molecule has 0 bridgehead atoms. The van der Waals surface area contributed by atoms with Crippen LogP contribution in [-0.4, -0.2) is 13.1 Å². The van der Waals surface area contributed by atoms with Crippen molar-refractivity contribution in [1.82, 2.24) is 0 Å². The Morgan fingerprint density at radius 3 is 2.06 bits per heavy atom. The van der Waals surface area contributed by atoms with E-state index >= 15 is 0 Å². The van der Waals surface area contributed by atoms with E-state index in [-0.39, 0.29) is 6.10 Å². The minimum absolute atomic E-state index is 0.183. The predicted octanol–water partition coefficient (Wildman–Crippen LogP) is 3.06. The molecule has 1 fully saturated rings. The average Bonchev–Trinajstić information content (AvgIpc) is 2.70. The van der Waals surface area contributed by atoms with E-state index < -0.39 is 12.4 Å². The summed E-state index contributed by atoms with van der Waals surface area (Å²) in [5.74, 6) is 0.538. The minimum Gasteiger partial charge on any atom is -0.490 e. The zero-order valence-corrected chi connectivity index (χ0v) is 8.83. The van der Waals surface area contributed by atoms with Gasteiger partial charge in [0, 0.05) is 0 Å². The third kappa shape index (κ3) is 2.71. The fraction of sp³-hybridized carbons (Fsp3) is 0.455. The zero-order valence-electron chi connectivity index (χ0n) is 8.83. The topological polar surface area (TPSA) is 9.23 Å². The molecule has 0 heterocycles. The number of hydrogen-bond donors (Lipinski definition) is 0. The van der Waals surface area contributed by atoms with E-state index in [1.807, 2.05) is 0 Å². The molecule has 0 radical (unpaired) electrons. The van der Waals surface area contributed by atoms with Crippen LogP contribution in [0.5, 0.6) is 5.75 Å². The van der Waals surface area contributed by atoms with Crippen LogP contribution in [0.25, 0.3) is 0 Å². The van der Waals surface area contributed by atoms with Crippen LogP contribution in [0.1, 0.15) is 25.7 Å². The highest BCUT2D eigenvalue weighted by molar-refractivity contribution is 6.73. The third-order valence-electron chi connectivity index (χ3n) is 2.86. The maximum absolute atomic E-state index is 12.3. The molecule has 1 saturated carbocycles. The van der Waals surface area contributed by atoms with Crippen LogP contribution in [0, 0.1) is 0 Å². The monoisotopic (exact) mass is 229 g/mol. The Morgan fingerprint density at radius 1 is 1.00 bits per heavy atom. The van der Waals surface area contributed by atoms with Crippen LogP contribution < -0.4 is 10.2 Å². The predicted molar refractivity (Wildman–Crippen MR) is 58.0 cm³/mol. The van der Waals surface area contributed by atoms with Gasteiger partial charge < -0.3 is 17.7 Å². The molecule has 1 aliphatic carbocycles. The largest absolute Gasteiger partial charge is 0.509 e. The molecule has 0 aromatic heterocycles. The fourth-order valence-corrected chi connectivity index (χ4v) is 1.96. The van der Waals surface area contributed by atoms with Gasteiger partial charge in [-0.2, -0.15) is 0 Å². The van der Waals surface area contributed by atoms with Crippen molar-refractivity contribution >= 4 is 12.4 Å². The molecule has 0 amide bonds. The molecule has 0 N–H and O–H groups in total. The van der Waals surface area contributed by atoms with Crippen LogP contribution in [0.4, 0.5) is 12.9 Å². The van der Waals surface area contributed by atoms with Gasteiger partial charge >= 0.3 is 6.98 Å². The Hall–Kier alpha value is -1.13. The molecule has 0 aliphatic heterocycles. The summed E-state index contributed by atoms with van der Waals surface area (Å²) in [6, 6.07) is 4.99. The Balaban J connectivity index is 2.01. The number of ether oxygens (including phenoxy) is 1. The first-order valence-electron chi connectivity index (χ1n) is 5.52. The van der Waals surface area contributed by atoms with Crippen LogP contribution in [0.15, 0.2) is 24.3 Å². The Kier molecular flexibility index (Phi) is 3.12. The highest BCUT2D eigenvalue weighted by Crippen LogP contribution is 2.23. The second-order valence-electron chi connectivity index (χ2n) is 4.17. The SMILES string of the molecule is F[B-](F)(F)c1ccc(OC2CCCC2)cc1.